The SMILES string of the molecule is CCCCCCC(=O)N(CCC)CC(=O)Nc1cc(-c2ccccc2)nn1-c1ccccc1. The lowest BCUT2D eigenvalue weighted by atomic mass is 10.1. The lowest BCUT2D eigenvalue weighted by Crippen LogP contribution is -2.38. The molecule has 0 bridgehead atoms. The van der Waals surface area contributed by atoms with E-state index >= 15 is 0 Å². The van der Waals surface area contributed by atoms with Crippen LogP contribution in [0.15, 0.2) is 66.7 Å². The van der Waals surface area contributed by atoms with Crippen molar-refractivity contribution in [2.75, 3.05) is 18.4 Å². The van der Waals surface area contributed by atoms with Crippen molar-refractivity contribution in [3.63, 3.8) is 0 Å². The van der Waals surface area contributed by atoms with Crippen molar-refractivity contribution in [2.45, 2.75) is 52.4 Å². The third kappa shape index (κ3) is 7.04. The Balaban J connectivity index is 1.75. The van der Waals surface area contributed by atoms with E-state index in [1.807, 2.05) is 73.7 Å². The molecule has 0 aliphatic heterocycles. The minimum Gasteiger partial charge on any atom is -0.333 e. The molecule has 3 rings (SSSR count). The van der Waals surface area contributed by atoms with Crippen LogP contribution in [-0.4, -0.2) is 39.6 Å². The van der Waals surface area contributed by atoms with E-state index < -0.39 is 0 Å². The summed E-state index contributed by atoms with van der Waals surface area (Å²) in [5.74, 6) is 0.406. The predicted molar refractivity (Wildman–Crippen MR) is 133 cm³/mol. The largest absolute Gasteiger partial charge is 0.333 e. The summed E-state index contributed by atoms with van der Waals surface area (Å²) in [6.07, 6.45) is 5.49. The lowest BCUT2D eigenvalue weighted by molar-refractivity contribution is -0.134. The molecule has 0 spiro atoms. The van der Waals surface area contributed by atoms with Crippen molar-refractivity contribution in [3.8, 4) is 16.9 Å². The Kier molecular flexibility index (Phi) is 9.24. The van der Waals surface area contributed by atoms with Crippen LogP contribution in [-0.2, 0) is 9.59 Å². The summed E-state index contributed by atoms with van der Waals surface area (Å²) in [5.41, 5.74) is 2.59. The van der Waals surface area contributed by atoms with Crippen molar-refractivity contribution in [2.24, 2.45) is 0 Å². The van der Waals surface area contributed by atoms with Crippen LogP contribution in [0, 0.1) is 0 Å². The maximum Gasteiger partial charge on any atom is 0.245 e. The van der Waals surface area contributed by atoms with E-state index in [1.54, 1.807) is 9.58 Å². The van der Waals surface area contributed by atoms with Crippen molar-refractivity contribution < 1.29 is 9.59 Å². The number of hydrogen-bond donors (Lipinski definition) is 1. The molecule has 0 fully saturated rings. The quantitative estimate of drug-likeness (QED) is 0.364. The van der Waals surface area contributed by atoms with E-state index in [2.05, 4.69) is 12.2 Å². The number of anilines is 1. The van der Waals surface area contributed by atoms with Crippen LogP contribution in [0.4, 0.5) is 5.82 Å². The van der Waals surface area contributed by atoms with Gasteiger partial charge >= 0.3 is 0 Å². The summed E-state index contributed by atoms with van der Waals surface area (Å²) in [6, 6.07) is 21.4. The van der Waals surface area contributed by atoms with E-state index in [4.69, 9.17) is 5.10 Å². The molecule has 0 aliphatic carbocycles. The monoisotopic (exact) mass is 446 g/mol. The van der Waals surface area contributed by atoms with Gasteiger partial charge in [-0.2, -0.15) is 5.10 Å². The highest BCUT2D eigenvalue weighted by molar-refractivity contribution is 5.94. The van der Waals surface area contributed by atoms with Crippen LogP contribution in [0.1, 0.15) is 52.4 Å². The highest BCUT2D eigenvalue weighted by Gasteiger charge is 2.19. The smallest absolute Gasteiger partial charge is 0.245 e. The molecule has 0 saturated carbocycles. The van der Waals surface area contributed by atoms with E-state index in [-0.39, 0.29) is 18.4 Å². The number of nitrogens with one attached hydrogen (secondary N) is 1. The van der Waals surface area contributed by atoms with Crippen LogP contribution in [0.3, 0.4) is 0 Å². The molecule has 0 aliphatic rings. The predicted octanol–water partition coefficient (Wildman–Crippen LogP) is 5.69. The van der Waals surface area contributed by atoms with Gasteiger partial charge in [-0.1, -0.05) is 81.6 Å². The summed E-state index contributed by atoms with van der Waals surface area (Å²) < 4.78 is 1.73. The van der Waals surface area contributed by atoms with E-state index in [1.165, 1.54) is 0 Å². The molecule has 1 aromatic heterocycles. The number of aromatic nitrogens is 2. The number of carbonyl (C=O) groups excluding carboxylic acids is 2. The zero-order valence-corrected chi connectivity index (χ0v) is 19.7. The second kappa shape index (κ2) is 12.6. The average Bonchev–Trinajstić information content (AvgIpc) is 3.26. The molecule has 0 radical (unpaired) electrons. The van der Waals surface area contributed by atoms with Gasteiger partial charge in [-0.05, 0) is 25.0 Å². The van der Waals surface area contributed by atoms with Gasteiger partial charge in [0.1, 0.15) is 5.82 Å². The summed E-state index contributed by atoms with van der Waals surface area (Å²) in [7, 11) is 0. The first-order valence-electron chi connectivity index (χ1n) is 11.9. The maximum absolute atomic E-state index is 13.0. The fourth-order valence-electron chi connectivity index (χ4n) is 3.76. The first-order chi connectivity index (χ1) is 16.1. The molecule has 6 heteroatoms. The van der Waals surface area contributed by atoms with E-state index in [0.717, 1.165) is 49.0 Å². The molecule has 174 valence electrons. The third-order valence-corrected chi connectivity index (χ3v) is 5.47. The number of unbranched alkanes of at least 4 members (excludes halogenated alkanes) is 3. The van der Waals surface area contributed by atoms with Gasteiger partial charge in [0.05, 0.1) is 17.9 Å². The van der Waals surface area contributed by atoms with Gasteiger partial charge in [-0.15, -0.1) is 0 Å². The third-order valence-electron chi connectivity index (χ3n) is 5.47. The highest BCUT2D eigenvalue weighted by Crippen LogP contribution is 2.24. The molecule has 33 heavy (non-hydrogen) atoms. The Morgan fingerprint density at radius 2 is 1.61 bits per heavy atom. The number of nitrogens with zero attached hydrogens (tertiary/aromatic N) is 3. The average molecular weight is 447 g/mol. The molecule has 2 aromatic carbocycles. The van der Waals surface area contributed by atoms with Gasteiger partial charge in [-0.25, -0.2) is 4.68 Å². The standard InChI is InChI=1S/C27H34N4O2/c1-3-5-6-13-18-27(33)30(19-4-2)21-26(32)28-25-20-24(22-14-9-7-10-15-22)29-31(25)23-16-11-8-12-17-23/h7-12,14-17,20H,3-6,13,18-19,21H2,1-2H3,(H,28,32). The molecule has 1 heterocycles. The number of rotatable bonds is 12. The molecule has 3 aromatic rings. The molecular weight excluding hydrogens is 412 g/mol. The topological polar surface area (TPSA) is 67.2 Å². The lowest BCUT2D eigenvalue weighted by Gasteiger charge is -2.21. The van der Waals surface area contributed by atoms with Crippen LogP contribution < -0.4 is 5.32 Å². The number of carbonyl (C=O) groups is 2. The zero-order chi connectivity index (χ0) is 23.5. The van der Waals surface area contributed by atoms with Crippen molar-refractivity contribution in [3.05, 3.63) is 66.7 Å². The zero-order valence-electron chi connectivity index (χ0n) is 19.7. The normalized spacial score (nSPS) is 10.7. The van der Waals surface area contributed by atoms with Crippen LogP contribution in [0.25, 0.3) is 16.9 Å². The molecule has 0 atom stereocenters. The highest BCUT2D eigenvalue weighted by atomic mass is 16.2. The van der Waals surface area contributed by atoms with Crippen molar-refractivity contribution >= 4 is 17.6 Å². The Morgan fingerprint density at radius 1 is 0.909 bits per heavy atom. The first-order valence-corrected chi connectivity index (χ1v) is 11.9. The molecule has 1 N–H and O–H groups in total. The minimum atomic E-state index is -0.220. The van der Waals surface area contributed by atoms with Gasteiger partial charge in [0, 0.05) is 24.6 Å². The minimum absolute atomic E-state index is 0.0427. The van der Waals surface area contributed by atoms with E-state index in [0.29, 0.717) is 18.8 Å². The van der Waals surface area contributed by atoms with Gasteiger partial charge < -0.3 is 10.2 Å². The van der Waals surface area contributed by atoms with Crippen LogP contribution in [0.2, 0.25) is 0 Å². The molecule has 0 saturated heterocycles. The fraction of sp³-hybridized carbons (Fsp3) is 0.370. The van der Waals surface area contributed by atoms with Gasteiger partial charge in [0.25, 0.3) is 0 Å². The van der Waals surface area contributed by atoms with Crippen molar-refractivity contribution in [1.82, 2.24) is 14.7 Å². The van der Waals surface area contributed by atoms with Gasteiger partial charge in [0.15, 0.2) is 0 Å². The van der Waals surface area contributed by atoms with Crippen LogP contribution >= 0.6 is 0 Å². The number of hydrogen-bond acceptors (Lipinski definition) is 3. The number of benzene rings is 2. The molecule has 2 amide bonds. The maximum atomic E-state index is 13.0. The summed E-state index contributed by atoms with van der Waals surface area (Å²) in [4.78, 5) is 27.3. The van der Waals surface area contributed by atoms with E-state index in [9.17, 15) is 9.59 Å². The summed E-state index contributed by atoms with van der Waals surface area (Å²) in [6.45, 7) is 4.79. The number of amides is 2. The fourth-order valence-corrected chi connectivity index (χ4v) is 3.76. The van der Waals surface area contributed by atoms with Gasteiger partial charge in [0.2, 0.25) is 11.8 Å². The molecular formula is C27H34N4O2. The molecule has 0 unspecified atom stereocenters. The number of para-hydroxylation sites is 1. The summed E-state index contributed by atoms with van der Waals surface area (Å²) >= 11 is 0. The Labute approximate surface area is 196 Å². The Bertz CT molecular complexity index is 1020. The molecule has 6 nitrogen and oxygen atoms in total. The van der Waals surface area contributed by atoms with Gasteiger partial charge in [-0.3, -0.25) is 9.59 Å². The van der Waals surface area contributed by atoms with Crippen molar-refractivity contribution in [1.29, 1.82) is 0 Å². The second-order valence-electron chi connectivity index (χ2n) is 8.20. The first kappa shape index (κ1) is 24.2. The second-order valence-corrected chi connectivity index (χ2v) is 8.20. The van der Waals surface area contributed by atoms with Crippen LogP contribution in [0.5, 0.6) is 0 Å². The Morgan fingerprint density at radius 3 is 2.27 bits per heavy atom. The summed E-state index contributed by atoms with van der Waals surface area (Å²) in [5, 5.41) is 7.72. The Hall–Kier alpha value is -3.41.